The molecular formula is C15H23IN4O2. The van der Waals surface area contributed by atoms with Crippen molar-refractivity contribution in [3.05, 3.63) is 23.9 Å². The summed E-state index contributed by atoms with van der Waals surface area (Å²) < 4.78 is 10.9. The summed E-state index contributed by atoms with van der Waals surface area (Å²) in [5.74, 6) is 2.01. The van der Waals surface area contributed by atoms with E-state index in [1.54, 1.807) is 6.20 Å². The van der Waals surface area contributed by atoms with Crippen LogP contribution in [0.1, 0.15) is 18.4 Å². The van der Waals surface area contributed by atoms with Gasteiger partial charge < -0.3 is 20.1 Å². The van der Waals surface area contributed by atoms with Crippen LogP contribution in [0.5, 0.6) is 5.88 Å². The fraction of sp³-hybridized carbons (Fsp3) is 0.600. The van der Waals surface area contributed by atoms with Crippen molar-refractivity contribution >= 4 is 29.9 Å². The van der Waals surface area contributed by atoms with Crippen molar-refractivity contribution < 1.29 is 9.47 Å². The van der Waals surface area contributed by atoms with E-state index in [4.69, 9.17) is 15.2 Å². The highest BCUT2D eigenvalue weighted by atomic mass is 127. The second kappa shape index (κ2) is 8.52. The molecule has 1 saturated carbocycles. The van der Waals surface area contributed by atoms with Crippen LogP contribution < -0.4 is 10.5 Å². The first-order valence-corrected chi connectivity index (χ1v) is 7.51. The van der Waals surface area contributed by atoms with Gasteiger partial charge in [0.1, 0.15) is 0 Å². The number of aliphatic imine (C=N–C) groups is 1. The molecule has 2 aliphatic rings. The molecule has 1 aromatic heterocycles. The Kier molecular flexibility index (Phi) is 6.69. The van der Waals surface area contributed by atoms with Crippen LogP contribution in [-0.4, -0.2) is 48.8 Å². The van der Waals surface area contributed by atoms with E-state index in [1.807, 2.05) is 17.0 Å². The van der Waals surface area contributed by atoms with E-state index in [9.17, 15) is 0 Å². The number of nitrogens with zero attached hydrogens (tertiary/aromatic N) is 3. The molecule has 6 nitrogen and oxygen atoms in total. The van der Waals surface area contributed by atoms with Crippen LogP contribution >= 0.6 is 24.0 Å². The van der Waals surface area contributed by atoms with E-state index in [1.165, 1.54) is 12.8 Å². The van der Waals surface area contributed by atoms with Crippen LogP contribution in [0, 0.1) is 5.92 Å². The average Bonchev–Trinajstić information content (AvgIpc) is 3.37. The lowest BCUT2D eigenvalue weighted by Gasteiger charge is -2.27. The van der Waals surface area contributed by atoms with Gasteiger partial charge in [0.25, 0.3) is 0 Å². The Balaban J connectivity index is 0.00000176. The Morgan fingerprint density at radius 2 is 2.14 bits per heavy atom. The second-order valence-corrected chi connectivity index (χ2v) is 5.53. The molecule has 0 spiro atoms. The minimum atomic E-state index is 0. The van der Waals surface area contributed by atoms with Crippen molar-refractivity contribution in [1.29, 1.82) is 0 Å². The van der Waals surface area contributed by atoms with Crippen molar-refractivity contribution in [2.75, 3.05) is 32.9 Å². The molecule has 0 unspecified atom stereocenters. The van der Waals surface area contributed by atoms with Gasteiger partial charge in [0.15, 0.2) is 5.96 Å². The highest BCUT2D eigenvalue weighted by molar-refractivity contribution is 14.0. The topological polar surface area (TPSA) is 73.0 Å². The first-order chi connectivity index (χ1) is 10.3. The zero-order chi connectivity index (χ0) is 14.5. The summed E-state index contributed by atoms with van der Waals surface area (Å²) >= 11 is 0. The molecule has 3 rings (SSSR count). The zero-order valence-electron chi connectivity index (χ0n) is 12.6. The summed E-state index contributed by atoms with van der Waals surface area (Å²) in [5.41, 5.74) is 7.02. The molecule has 2 fully saturated rings. The summed E-state index contributed by atoms with van der Waals surface area (Å²) in [6, 6.07) is 3.89. The van der Waals surface area contributed by atoms with E-state index >= 15 is 0 Å². The number of nitrogens with two attached hydrogens (primary N) is 1. The minimum absolute atomic E-state index is 0. The Morgan fingerprint density at radius 3 is 2.77 bits per heavy atom. The number of ether oxygens (including phenoxy) is 2. The van der Waals surface area contributed by atoms with Gasteiger partial charge in [0.05, 0.1) is 26.4 Å². The van der Waals surface area contributed by atoms with Crippen LogP contribution in [0.2, 0.25) is 0 Å². The molecule has 22 heavy (non-hydrogen) atoms. The fourth-order valence-corrected chi connectivity index (χ4v) is 2.14. The first-order valence-electron chi connectivity index (χ1n) is 7.51. The second-order valence-electron chi connectivity index (χ2n) is 5.53. The van der Waals surface area contributed by atoms with Gasteiger partial charge in [-0.05, 0) is 24.3 Å². The van der Waals surface area contributed by atoms with Crippen molar-refractivity contribution in [3.8, 4) is 5.88 Å². The monoisotopic (exact) mass is 418 g/mol. The highest BCUT2D eigenvalue weighted by Gasteiger charge is 2.22. The molecule has 2 N–H and O–H groups in total. The van der Waals surface area contributed by atoms with Crippen molar-refractivity contribution in [2.45, 2.75) is 19.4 Å². The van der Waals surface area contributed by atoms with Gasteiger partial charge in [-0.2, -0.15) is 0 Å². The standard InChI is InChI=1S/C15H22N4O2.HI/c16-15(19-5-7-20-8-6-19)18-10-13-3-4-14(17-9-13)21-11-12-1-2-12;/h3-4,9,12H,1-2,5-8,10-11H2,(H2,16,18);1H. The number of hydrogen-bond acceptors (Lipinski definition) is 4. The maximum absolute atomic E-state index is 5.99. The number of halogens is 1. The molecule has 0 aromatic carbocycles. The number of morpholine rings is 1. The molecule has 7 heteroatoms. The molecule has 0 radical (unpaired) electrons. The molecule has 0 atom stereocenters. The molecule has 0 amide bonds. The van der Waals surface area contributed by atoms with Crippen LogP contribution in [0.15, 0.2) is 23.3 Å². The maximum atomic E-state index is 5.99. The van der Waals surface area contributed by atoms with Gasteiger partial charge in [0, 0.05) is 25.4 Å². The van der Waals surface area contributed by atoms with Crippen LogP contribution in [-0.2, 0) is 11.3 Å². The number of pyridine rings is 1. The zero-order valence-corrected chi connectivity index (χ0v) is 14.9. The summed E-state index contributed by atoms with van der Waals surface area (Å²) in [5, 5.41) is 0. The summed E-state index contributed by atoms with van der Waals surface area (Å²) in [7, 11) is 0. The lowest BCUT2D eigenvalue weighted by atomic mass is 10.3. The van der Waals surface area contributed by atoms with Crippen LogP contribution in [0.4, 0.5) is 0 Å². The fourth-order valence-electron chi connectivity index (χ4n) is 2.14. The van der Waals surface area contributed by atoms with Gasteiger partial charge in [-0.25, -0.2) is 9.98 Å². The lowest BCUT2D eigenvalue weighted by Crippen LogP contribution is -2.44. The van der Waals surface area contributed by atoms with E-state index in [-0.39, 0.29) is 24.0 Å². The van der Waals surface area contributed by atoms with Gasteiger partial charge in [-0.1, -0.05) is 6.07 Å². The predicted octanol–water partition coefficient (Wildman–Crippen LogP) is 1.64. The van der Waals surface area contributed by atoms with Crippen molar-refractivity contribution in [1.82, 2.24) is 9.88 Å². The maximum Gasteiger partial charge on any atom is 0.213 e. The summed E-state index contributed by atoms with van der Waals surface area (Å²) in [6.45, 7) is 4.37. The molecule has 1 aromatic rings. The largest absolute Gasteiger partial charge is 0.477 e. The highest BCUT2D eigenvalue weighted by Crippen LogP contribution is 2.29. The number of aromatic nitrogens is 1. The number of hydrogen-bond donors (Lipinski definition) is 1. The molecule has 1 aliphatic carbocycles. The van der Waals surface area contributed by atoms with Crippen molar-refractivity contribution in [2.24, 2.45) is 16.6 Å². The number of rotatable bonds is 5. The van der Waals surface area contributed by atoms with E-state index < -0.39 is 0 Å². The van der Waals surface area contributed by atoms with E-state index in [2.05, 4.69) is 9.98 Å². The molecule has 1 saturated heterocycles. The van der Waals surface area contributed by atoms with Crippen LogP contribution in [0.3, 0.4) is 0 Å². The van der Waals surface area contributed by atoms with E-state index in [0.717, 1.165) is 31.2 Å². The van der Waals surface area contributed by atoms with Gasteiger partial charge in [-0.15, -0.1) is 24.0 Å². The molecule has 122 valence electrons. The molecule has 1 aliphatic heterocycles. The first kappa shape index (κ1) is 17.3. The van der Waals surface area contributed by atoms with Crippen molar-refractivity contribution in [3.63, 3.8) is 0 Å². The average molecular weight is 418 g/mol. The Labute approximate surface area is 148 Å². The minimum Gasteiger partial charge on any atom is -0.477 e. The molecule has 2 heterocycles. The molecular weight excluding hydrogens is 395 g/mol. The Morgan fingerprint density at radius 1 is 1.36 bits per heavy atom. The normalized spacial score (nSPS) is 18.7. The third kappa shape index (κ3) is 5.28. The molecule has 0 bridgehead atoms. The van der Waals surface area contributed by atoms with Gasteiger partial charge >= 0.3 is 0 Å². The van der Waals surface area contributed by atoms with Crippen LogP contribution in [0.25, 0.3) is 0 Å². The Bertz CT molecular complexity index is 485. The van der Waals surface area contributed by atoms with Gasteiger partial charge in [-0.3, -0.25) is 0 Å². The van der Waals surface area contributed by atoms with Gasteiger partial charge in [0.2, 0.25) is 5.88 Å². The summed E-state index contributed by atoms with van der Waals surface area (Å²) in [4.78, 5) is 10.8. The third-order valence-electron chi connectivity index (χ3n) is 3.72. The van der Waals surface area contributed by atoms with E-state index in [0.29, 0.717) is 31.6 Å². The quantitative estimate of drug-likeness (QED) is 0.447. The predicted molar refractivity (Wildman–Crippen MR) is 95.6 cm³/mol. The summed E-state index contributed by atoms with van der Waals surface area (Å²) in [6.07, 6.45) is 4.37. The SMILES string of the molecule is I.NC(=NCc1ccc(OCC2CC2)nc1)N1CCOCC1. The Hall–Kier alpha value is -1.09. The smallest absolute Gasteiger partial charge is 0.213 e. The third-order valence-corrected chi connectivity index (χ3v) is 3.72. The lowest BCUT2D eigenvalue weighted by molar-refractivity contribution is 0.0674. The number of guanidine groups is 1.